The van der Waals surface area contributed by atoms with E-state index in [1.54, 1.807) is 13.0 Å². The number of allylic oxidation sites excluding steroid dienone is 1. The summed E-state index contributed by atoms with van der Waals surface area (Å²) in [5.41, 5.74) is 6.65. The van der Waals surface area contributed by atoms with Gasteiger partial charge in [0.2, 0.25) is 0 Å². The summed E-state index contributed by atoms with van der Waals surface area (Å²) in [4.78, 5) is 38.4. The van der Waals surface area contributed by atoms with E-state index in [1.807, 2.05) is 0 Å². The Morgan fingerprint density at radius 3 is 2.48 bits per heavy atom. The minimum atomic E-state index is -1.40. The first-order valence-corrected chi connectivity index (χ1v) is 6.75. The molecule has 0 aromatic carbocycles. The quantitative estimate of drug-likeness (QED) is 0.120. The topological polar surface area (TPSA) is 106 Å². The number of rotatable bonds is 9. The number of nitrogens with zero attached hydrogens (tertiary/aromatic N) is 2. The number of carbonyl (C=O) groups excluding carboxylic acids is 3. The highest BCUT2D eigenvalue weighted by molar-refractivity contribution is 6.65. The SMILES string of the molecule is C=CCCCOC(=O)C1(C(=O)C(=[N+]=[N-])C(=O)OCC)CC1. The molecule has 1 aliphatic carbocycles. The number of hydrogen-bond donors (Lipinski definition) is 0. The molecule has 1 rings (SSSR count). The van der Waals surface area contributed by atoms with Crippen molar-refractivity contribution in [2.24, 2.45) is 5.41 Å². The van der Waals surface area contributed by atoms with Crippen molar-refractivity contribution in [3.8, 4) is 0 Å². The van der Waals surface area contributed by atoms with E-state index in [-0.39, 0.29) is 26.1 Å². The van der Waals surface area contributed by atoms with Crippen LogP contribution in [0.3, 0.4) is 0 Å². The minimum Gasteiger partial charge on any atom is -0.465 e. The van der Waals surface area contributed by atoms with Gasteiger partial charge in [-0.05, 0) is 32.6 Å². The number of ether oxygens (including phenoxy) is 2. The smallest absolute Gasteiger partial charge is 0.442 e. The molecule has 1 fully saturated rings. The summed E-state index contributed by atoms with van der Waals surface area (Å²) in [7, 11) is 0. The van der Waals surface area contributed by atoms with Gasteiger partial charge in [-0.25, -0.2) is 4.79 Å². The molecule has 0 aliphatic heterocycles. The molecule has 21 heavy (non-hydrogen) atoms. The van der Waals surface area contributed by atoms with Crippen molar-refractivity contribution in [2.75, 3.05) is 13.2 Å². The van der Waals surface area contributed by atoms with Crippen LogP contribution >= 0.6 is 0 Å². The van der Waals surface area contributed by atoms with Crippen LogP contribution in [0.4, 0.5) is 0 Å². The maximum absolute atomic E-state index is 12.2. The van der Waals surface area contributed by atoms with Crippen molar-refractivity contribution in [3.05, 3.63) is 18.2 Å². The lowest BCUT2D eigenvalue weighted by Crippen LogP contribution is -2.38. The summed E-state index contributed by atoms with van der Waals surface area (Å²) in [6.07, 6.45) is 3.54. The summed E-state index contributed by atoms with van der Waals surface area (Å²) in [5, 5.41) is 0. The molecular formula is C14H18N2O5. The Balaban J connectivity index is 2.71. The lowest BCUT2D eigenvalue weighted by molar-refractivity contribution is -0.154. The second kappa shape index (κ2) is 7.50. The molecule has 0 heterocycles. The van der Waals surface area contributed by atoms with Crippen molar-refractivity contribution in [1.82, 2.24) is 0 Å². The molecule has 0 aromatic heterocycles. The Labute approximate surface area is 122 Å². The molecule has 0 spiro atoms. The van der Waals surface area contributed by atoms with Crippen LogP contribution in [0.2, 0.25) is 0 Å². The lowest BCUT2D eigenvalue weighted by atomic mass is 9.97. The van der Waals surface area contributed by atoms with Crippen LogP contribution in [-0.2, 0) is 23.9 Å². The van der Waals surface area contributed by atoms with Crippen molar-refractivity contribution in [2.45, 2.75) is 32.6 Å². The third-order valence-corrected chi connectivity index (χ3v) is 3.14. The van der Waals surface area contributed by atoms with Gasteiger partial charge in [0.05, 0.1) is 13.2 Å². The van der Waals surface area contributed by atoms with E-state index in [9.17, 15) is 14.4 Å². The molecular weight excluding hydrogens is 276 g/mol. The van der Waals surface area contributed by atoms with Gasteiger partial charge < -0.3 is 15.0 Å². The summed E-state index contributed by atoms with van der Waals surface area (Å²) >= 11 is 0. The predicted molar refractivity (Wildman–Crippen MR) is 72.3 cm³/mol. The van der Waals surface area contributed by atoms with E-state index in [1.165, 1.54) is 0 Å². The molecule has 0 aromatic rings. The molecule has 0 atom stereocenters. The van der Waals surface area contributed by atoms with Crippen molar-refractivity contribution >= 4 is 23.4 Å². The highest BCUT2D eigenvalue weighted by atomic mass is 16.5. The normalized spacial score (nSPS) is 14.5. The van der Waals surface area contributed by atoms with E-state index in [2.05, 4.69) is 16.1 Å². The van der Waals surface area contributed by atoms with Crippen LogP contribution in [0.1, 0.15) is 32.6 Å². The van der Waals surface area contributed by atoms with E-state index >= 15 is 0 Å². The fourth-order valence-corrected chi connectivity index (χ4v) is 1.78. The summed E-state index contributed by atoms with van der Waals surface area (Å²) in [6, 6.07) is 0. The molecule has 7 heteroatoms. The third kappa shape index (κ3) is 3.86. The number of ketones is 1. The van der Waals surface area contributed by atoms with E-state index < -0.39 is 28.8 Å². The van der Waals surface area contributed by atoms with Gasteiger partial charge in [0, 0.05) is 0 Å². The number of carbonyl (C=O) groups is 3. The van der Waals surface area contributed by atoms with Crippen LogP contribution in [0, 0.1) is 5.41 Å². The van der Waals surface area contributed by atoms with Crippen molar-refractivity contribution in [3.63, 3.8) is 0 Å². The van der Waals surface area contributed by atoms with Crippen molar-refractivity contribution < 1.29 is 28.6 Å². The minimum absolute atomic E-state index is 0.0319. The lowest BCUT2D eigenvalue weighted by Gasteiger charge is -2.10. The van der Waals surface area contributed by atoms with Gasteiger partial charge in [-0.3, -0.25) is 9.59 Å². The Kier molecular flexibility index (Phi) is 5.99. The largest absolute Gasteiger partial charge is 0.465 e. The van der Waals surface area contributed by atoms with Crippen molar-refractivity contribution in [1.29, 1.82) is 0 Å². The van der Waals surface area contributed by atoms with Crippen LogP contribution < -0.4 is 0 Å². The van der Waals surface area contributed by atoms with Crippen LogP contribution in [-0.4, -0.2) is 41.4 Å². The van der Waals surface area contributed by atoms with Gasteiger partial charge in [0.1, 0.15) is 5.41 Å². The maximum atomic E-state index is 12.2. The van der Waals surface area contributed by atoms with Crippen LogP contribution in [0.15, 0.2) is 12.7 Å². The van der Waals surface area contributed by atoms with E-state index in [4.69, 9.17) is 10.3 Å². The van der Waals surface area contributed by atoms with Crippen LogP contribution in [0.25, 0.3) is 5.53 Å². The number of hydrogen-bond acceptors (Lipinski definition) is 5. The third-order valence-electron chi connectivity index (χ3n) is 3.14. The second-order valence-corrected chi connectivity index (χ2v) is 4.65. The second-order valence-electron chi connectivity index (χ2n) is 4.65. The molecule has 7 nitrogen and oxygen atoms in total. The molecule has 114 valence electrons. The predicted octanol–water partition coefficient (Wildman–Crippen LogP) is 1.08. The molecule has 1 aliphatic rings. The number of Topliss-reactive ketones (excluding diaryl/α,β-unsaturated/α-hetero) is 1. The van der Waals surface area contributed by atoms with Gasteiger partial charge in [-0.15, -0.1) is 6.58 Å². The number of esters is 2. The first-order valence-electron chi connectivity index (χ1n) is 6.75. The molecule has 0 unspecified atom stereocenters. The Morgan fingerprint density at radius 2 is 2.00 bits per heavy atom. The molecule has 0 N–H and O–H groups in total. The standard InChI is InChI=1S/C14H18N2O5/c1-3-5-6-9-21-13(19)14(7-8-14)11(17)10(16-15)12(18)20-4-2/h3H,1,4-9H2,2H3. The van der Waals surface area contributed by atoms with Gasteiger partial charge in [-0.1, -0.05) is 6.08 Å². The average Bonchev–Trinajstić information content (AvgIpc) is 3.26. The first-order chi connectivity index (χ1) is 10.0. The fourth-order valence-electron chi connectivity index (χ4n) is 1.78. The molecule has 0 amide bonds. The Bertz CT molecular complexity index is 501. The zero-order valence-electron chi connectivity index (χ0n) is 12.0. The zero-order valence-corrected chi connectivity index (χ0v) is 12.0. The average molecular weight is 294 g/mol. The fraction of sp³-hybridized carbons (Fsp3) is 0.571. The van der Waals surface area contributed by atoms with E-state index in [0.29, 0.717) is 12.8 Å². The first kappa shape index (κ1) is 16.8. The molecule has 0 saturated heterocycles. The van der Waals surface area contributed by atoms with E-state index in [0.717, 1.165) is 0 Å². The van der Waals surface area contributed by atoms with Gasteiger partial charge in [0.25, 0.3) is 5.78 Å². The maximum Gasteiger partial charge on any atom is 0.442 e. The summed E-state index contributed by atoms with van der Waals surface area (Å²) in [6.45, 7) is 5.31. The molecule has 0 radical (unpaired) electrons. The zero-order chi connectivity index (χ0) is 15.9. The summed E-state index contributed by atoms with van der Waals surface area (Å²) in [5.74, 6) is -2.59. The van der Waals surface area contributed by atoms with Gasteiger partial charge in [0.15, 0.2) is 0 Å². The highest BCUT2D eigenvalue weighted by Crippen LogP contribution is 2.48. The molecule has 1 saturated carbocycles. The summed E-state index contributed by atoms with van der Waals surface area (Å²) < 4.78 is 9.65. The highest BCUT2D eigenvalue weighted by Gasteiger charge is 2.62. The molecule has 0 bridgehead atoms. The van der Waals surface area contributed by atoms with Gasteiger partial charge in [-0.2, -0.15) is 4.79 Å². The van der Waals surface area contributed by atoms with Crippen LogP contribution in [0.5, 0.6) is 0 Å². The van der Waals surface area contributed by atoms with Gasteiger partial charge >= 0.3 is 17.7 Å². The monoisotopic (exact) mass is 294 g/mol. The Morgan fingerprint density at radius 1 is 1.33 bits per heavy atom. The Hall–Kier alpha value is -2.27. The number of unbranched alkanes of at least 4 members (excludes halogenated alkanes) is 1.